The number of hydrogen-bond donors (Lipinski definition) is 1. The minimum Gasteiger partial charge on any atom is -0.496 e. The standard InChI is InChI=1S/C12H17NOS/c1-14-11-5-6-12(15-2)9-4-3-8(13)7-10(9)11/h5-6,8H,3-4,7,13H2,1-2H3. The summed E-state index contributed by atoms with van der Waals surface area (Å²) in [6, 6.07) is 4.51. The first kappa shape index (κ1) is 10.8. The van der Waals surface area contributed by atoms with Gasteiger partial charge in [-0.25, -0.2) is 0 Å². The number of benzene rings is 1. The predicted molar refractivity (Wildman–Crippen MR) is 64.8 cm³/mol. The van der Waals surface area contributed by atoms with Crippen molar-refractivity contribution in [2.75, 3.05) is 13.4 Å². The lowest BCUT2D eigenvalue weighted by Gasteiger charge is -2.25. The van der Waals surface area contributed by atoms with E-state index in [1.165, 1.54) is 16.0 Å². The van der Waals surface area contributed by atoms with Crippen LogP contribution in [0.25, 0.3) is 0 Å². The van der Waals surface area contributed by atoms with E-state index >= 15 is 0 Å². The Morgan fingerprint density at radius 3 is 2.87 bits per heavy atom. The van der Waals surface area contributed by atoms with Gasteiger partial charge < -0.3 is 10.5 Å². The molecule has 2 rings (SSSR count). The first-order valence-corrected chi connectivity index (χ1v) is 6.47. The maximum absolute atomic E-state index is 6.00. The van der Waals surface area contributed by atoms with E-state index in [0.29, 0.717) is 6.04 Å². The molecule has 0 bridgehead atoms. The average molecular weight is 223 g/mol. The van der Waals surface area contributed by atoms with Crippen LogP contribution in [-0.4, -0.2) is 19.4 Å². The highest BCUT2D eigenvalue weighted by Crippen LogP contribution is 2.35. The summed E-state index contributed by atoms with van der Waals surface area (Å²) >= 11 is 1.81. The molecule has 1 aromatic carbocycles. The third-order valence-corrected chi connectivity index (χ3v) is 3.84. The fraction of sp³-hybridized carbons (Fsp3) is 0.500. The molecule has 1 aromatic rings. The van der Waals surface area contributed by atoms with Crippen molar-refractivity contribution < 1.29 is 4.74 Å². The molecule has 1 atom stereocenters. The number of fused-ring (bicyclic) bond motifs is 1. The van der Waals surface area contributed by atoms with Crippen LogP contribution in [-0.2, 0) is 12.8 Å². The van der Waals surface area contributed by atoms with Crippen LogP contribution < -0.4 is 10.5 Å². The SMILES string of the molecule is COc1ccc(SC)c2c1CC(N)CC2. The van der Waals surface area contributed by atoms with Crippen LogP contribution >= 0.6 is 11.8 Å². The van der Waals surface area contributed by atoms with Gasteiger partial charge in [0.05, 0.1) is 7.11 Å². The first-order valence-electron chi connectivity index (χ1n) is 5.24. The lowest BCUT2D eigenvalue weighted by Crippen LogP contribution is -2.28. The Kier molecular flexibility index (Phi) is 3.22. The minimum absolute atomic E-state index is 0.295. The maximum atomic E-state index is 6.00. The Balaban J connectivity index is 2.48. The highest BCUT2D eigenvalue weighted by molar-refractivity contribution is 7.98. The third-order valence-electron chi connectivity index (χ3n) is 3.02. The van der Waals surface area contributed by atoms with E-state index in [1.807, 2.05) is 11.8 Å². The van der Waals surface area contributed by atoms with Gasteiger partial charge in [0.25, 0.3) is 0 Å². The summed E-state index contributed by atoms with van der Waals surface area (Å²) in [7, 11) is 1.73. The van der Waals surface area contributed by atoms with Crippen molar-refractivity contribution >= 4 is 11.8 Å². The number of rotatable bonds is 2. The van der Waals surface area contributed by atoms with Gasteiger partial charge in [0.15, 0.2) is 0 Å². The molecule has 0 radical (unpaired) electrons. The summed E-state index contributed by atoms with van der Waals surface area (Å²) in [6.45, 7) is 0. The molecule has 82 valence electrons. The Bertz CT molecular complexity index is 365. The van der Waals surface area contributed by atoms with E-state index in [4.69, 9.17) is 10.5 Å². The molecule has 0 saturated heterocycles. The van der Waals surface area contributed by atoms with Crippen LogP contribution in [0.4, 0.5) is 0 Å². The summed E-state index contributed by atoms with van der Waals surface area (Å²) in [5.74, 6) is 0.998. The maximum Gasteiger partial charge on any atom is 0.122 e. The molecule has 0 aromatic heterocycles. The fourth-order valence-electron chi connectivity index (χ4n) is 2.22. The molecule has 0 aliphatic heterocycles. The van der Waals surface area contributed by atoms with Crippen molar-refractivity contribution in [3.8, 4) is 5.75 Å². The number of nitrogens with two attached hydrogens (primary N) is 1. The zero-order valence-corrected chi connectivity index (χ0v) is 10.1. The quantitative estimate of drug-likeness (QED) is 0.781. The highest BCUT2D eigenvalue weighted by Gasteiger charge is 2.21. The minimum atomic E-state index is 0.295. The third kappa shape index (κ3) is 1.99. The van der Waals surface area contributed by atoms with Gasteiger partial charge in [-0.15, -0.1) is 11.8 Å². The molecule has 2 N–H and O–H groups in total. The largest absolute Gasteiger partial charge is 0.496 e. The van der Waals surface area contributed by atoms with Crippen LogP contribution in [0.15, 0.2) is 17.0 Å². The van der Waals surface area contributed by atoms with Gasteiger partial charge in [0, 0.05) is 10.9 Å². The van der Waals surface area contributed by atoms with Crippen LogP contribution in [0.2, 0.25) is 0 Å². The second-order valence-corrected chi connectivity index (χ2v) is 4.78. The number of ether oxygens (including phenoxy) is 1. The van der Waals surface area contributed by atoms with E-state index in [-0.39, 0.29) is 0 Å². The summed E-state index contributed by atoms with van der Waals surface area (Å²) < 4.78 is 5.40. The zero-order valence-electron chi connectivity index (χ0n) is 9.25. The lowest BCUT2D eigenvalue weighted by molar-refractivity contribution is 0.402. The molecule has 0 amide bonds. The van der Waals surface area contributed by atoms with Crippen LogP contribution in [0.3, 0.4) is 0 Å². The van der Waals surface area contributed by atoms with Crippen molar-refractivity contribution in [3.63, 3.8) is 0 Å². The van der Waals surface area contributed by atoms with E-state index in [2.05, 4.69) is 18.4 Å². The number of thioether (sulfide) groups is 1. The Morgan fingerprint density at radius 2 is 2.20 bits per heavy atom. The normalized spacial score (nSPS) is 19.8. The molecule has 0 spiro atoms. The lowest BCUT2D eigenvalue weighted by atomic mass is 9.88. The Labute approximate surface area is 95.2 Å². The fourth-order valence-corrected chi connectivity index (χ4v) is 2.90. The van der Waals surface area contributed by atoms with Gasteiger partial charge in [-0.1, -0.05) is 0 Å². The summed E-state index contributed by atoms with van der Waals surface area (Å²) in [5.41, 5.74) is 8.77. The van der Waals surface area contributed by atoms with Crippen molar-refractivity contribution in [1.82, 2.24) is 0 Å². The number of methoxy groups -OCH3 is 1. The van der Waals surface area contributed by atoms with E-state index < -0.39 is 0 Å². The molecule has 1 aliphatic rings. The van der Waals surface area contributed by atoms with Gasteiger partial charge in [0.2, 0.25) is 0 Å². The summed E-state index contributed by atoms with van der Waals surface area (Å²) in [4.78, 5) is 1.37. The van der Waals surface area contributed by atoms with Crippen molar-refractivity contribution in [2.24, 2.45) is 5.73 Å². The van der Waals surface area contributed by atoms with Crippen LogP contribution in [0.5, 0.6) is 5.75 Å². The molecule has 15 heavy (non-hydrogen) atoms. The van der Waals surface area contributed by atoms with Gasteiger partial charge in [-0.3, -0.25) is 0 Å². The van der Waals surface area contributed by atoms with Gasteiger partial charge in [-0.05, 0) is 48.8 Å². The predicted octanol–water partition coefficient (Wildman–Crippen LogP) is 2.23. The van der Waals surface area contributed by atoms with Crippen molar-refractivity contribution in [2.45, 2.75) is 30.2 Å². The molecular weight excluding hydrogens is 206 g/mol. The molecule has 0 fully saturated rings. The van der Waals surface area contributed by atoms with Gasteiger partial charge in [-0.2, -0.15) is 0 Å². The van der Waals surface area contributed by atoms with Crippen LogP contribution in [0, 0.1) is 0 Å². The second kappa shape index (κ2) is 4.45. The molecule has 3 heteroatoms. The zero-order chi connectivity index (χ0) is 10.8. The van der Waals surface area contributed by atoms with Crippen molar-refractivity contribution in [3.05, 3.63) is 23.3 Å². The van der Waals surface area contributed by atoms with E-state index in [9.17, 15) is 0 Å². The van der Waals surface area contributed by atoms with E-state index in [1.54, 1.807) is 7.11 Å². The molecule has 1 aliphatic carbocycles. The monoisotopic (exact) mass is 223 g/mol. The van der Waals surface area contributed by atoms with Crippen LogP contribution in [0.1, 0.15) is 17.5 Å². The van der Waals surface area contributed by atoms with E-state index in [0.717, 1.165) is 25.0 Å². The summed E-state index contributed by atoms with van der Waals surface area (Å²) in [5, 5.41) is 0. The topological polar surface area (TPSA) is 35.2 Å². The smallest absolute Gasteiger partial charge is 0.122 e. The van der Waals surface area contributed by atoms with Gasteiger partial charge >= 0.3 is 0 Å². The molecule has 0 heterocycles. The molecule has 1 unspecified atom stereocenters. The number of hydrogen-bond acceptors (Lipinski definition) is 3. The molecule has 2 nitrogen and oxygen atoms in total. The first-order chi connectivity index (χ1) is 7.26. The Morgan fingerprint density at radius 1 is 1.40 bits per heavy atom. The second-order valence-electron chi connectivity index (χ2n) is 3.93. The molecular formula is C12H17NOS. The van der Waals surface area contributed by atoms with Gasteiger partial charge in [0.1, 0.15) is 5.75 Å². The average Bonchev–Trinajstić information content (AvgIpc) is 2.27. The van der Waals surface area contributed by atoms with Crippen molar-refractivity contribution in [1.29, 1.82) is 0 Å². The highest BCUT2D eigenvalue weighted by atomic mass is 32.2. The molecule has 0 saturated carbocycles. The summed E-state index contributed by atoms with van der Waals surface area (Å²) in [6.07, 6.45) is 5.25. The Hall–Kier alpha value is -0.670.